The van der Waals surface area contributed by atoms with Gasteiger partial charge in [-0.15, -0.1) is 0 Å². The normalized spacial score (nSPS) is 11.4. The number of aromatic carboxylic acids is 1. The van der Waals surface area contributed by atoms with E-state index < -0.39 is 27.9 Å². The van der Waals surface area contributed by atoms with Gasteiger partial charge in [-0.05, 0) is 70.2 Å². The van der Waals surface area contributed by atoms with E-state index in [1.54, 1.807) is 45.0 Å². The number of ether oxygens (including phenoxy) is 2. The lowest BCUT2D eigenvalue weighted by Crippen LogP contribution is -2.30. The van der Waals surface area contributed by atoms with E-state index >= 15 is 0 Å². The van der Waals surface area contributed by atoms with E-state index in [1.807, 2.05) is 0 Å². The summed E-state index contributed by atoms with van der Waals surface area (Å²) in [7, 11) is -2.56. The fourth-order valence-corrected chi connectivity index (χ4v) is 4.79. The summed E-state index contributed by atoms with van der Waals surface area (Å²) < 4.78 is 41.2. The Morgan fingerprint density at radius 1 is 1.14 bits per heavy atom. The number of carbonyl (C=O) groups excluding carboxylic acids is 1. The van der Waals surface area contributed by atoms with Crippen molar-refractivity contribution in [2.75, 3.05) is 12.4 Å². The molecule has 0 saturated carbocycles. The first-order chi connectivity index (χ1) is 17.0. The number of aromatic nitrogens is 2. The molecule has 2 aromatic carbocycles. The van der Waals surface area contributed by atoms with Gasteiger partial charge in [-0.25, -0.2) is 22.6 Å². The summed E-state index contributed by atoms with van der Waals surface area (Å²) >= 11 is 0. The van der Waals surface area contributed by atoms with Gasteiger partial charge in [0.15, 0.2) is 5.69 Å². The first-order valence-electron chi connectivity index (χ1n) is 11.1. The third kappa shape index (κ3) is 5.83. The Bertz CT molecular complexity index is 1380. The lowest BCUT2D eigenvalue weighted by molar-refractivity contribution is 0.0688. The third-order valence-electron chi connectivity index (χ3n) is 5.07. The Morgan fingerprint density at radius 3 is 2.36 bits per heavy atom. The molecule has 36 heavy (non-hydrogen) atoms. The Kier molecular flexibility index (Phi) is 8.00. The largest absolute Gasteiger partial charge is 0.497 e. The zero-order valence-electron chi connectivity index (χ0n) is 20.5. The van der Waals surface area contributed by atoms with Crippen LogP contribution in [0.2, 0.25) is 0 Å². The second-order valence-electron chi connectivity index (χ2n) is 8.12. The van der Waals surface area contributed by atoms with Crippen LogP contribution in [-0.4, -0.2) is 48.3 Å². The first kappa shape index (κ1) is 26.7. The third-order valence-corrected chi connectivity index (χ3v) is 6.75. The maximum absolute atomic E-state index is 13.2. The molecule has 12 heteroatoms. The highest BCUT2D eigenvalue weighted by molar-refractivity contribution is 7.89. The molecule has 192 valence electrons. The molecule has 0 aliphatic heterocycles. The number of nitrogens with one attached hydrogen (secondary N) is 2. The number of aryl methyl sites for hydroxylation is 1. The molecule has 3 N–H and O–H groups in total. The molecule has 0 aliphatic rings. The van der Waals surface area contributed by atoms with Gasteiger partial charge in [-0.2, -0.15) is 5.10 Å². The minimum Gasteiger partial charge on any atom is -0.497 e. The number of rotatable bonds is 10. The molecule has 11 nitrogen and oxygen atoms in total. The molecule has 0 bridgehead atoms. The number of carbonyl (C=O) groups is 2. The average molecular weight is 517 g/mol. The van der Waals surface area contributed by atoms with E-state index in [2.05, 4.69) is 15.1 Å². The molecule has 3 rings (SSSR count). The smallest absolute Gasteiger partial charge is 0.356 e. The SMILES string of the molecule is CCn1nc(C(=O)O)c(C)c1Oc1ccc(NC(=O)c2ccc(OC)cc2)cc1S(=O)(=O)NC(C)C. The molecular weight excluding hydrogens is 488 g/mol. The minimum absolute atomic E-state index is 0.0553. The summed E-state index contributed by atoms with van der Waals surface area (Å²) in [6, 6.07) is 10.2. The van der Waals surface area contributed by atoms with Crippen molar-refractivity contribution in [2.24, 2.45) is 0 Å². The van der Waals surface area contributed by atoms with Gasteiger partial charge in [0.25, 0.3) is 5.91 Å². The number of hydrogen-bond acceptors (Lipinski definition) is 7. The van der Waals surface area contributed by atoms with Crippen LogP contribution in [0.3, 0.4) is 0 Å². The van der Waals surface area contributed by atoms with Crippen molar-refractivity contribution in [1.82, 2.24) is 14.5 Å². The van der Waals surface area contributed by atoms with E-state index in [1.165, 1.54) is 36.9 Å². The summed E-state index contributed by atoms with van der Waals surface area (Å²) in [5, 5.41) is 16.1. The number of carboxylic acids is 1. The molecule has 0 radical (unpaired) electrons. The topological polar surface area (TPSA) is 149 Å². The van der Waals surface area contributed by atoms with Crippen LogP contribution in [0.15, 0.2) is 47.4 Å². The van der Waals surface area contributed by atoms with E-state index in [0.717, 1.165) is 0 Å². The molecule has 1 heterocycles. The zero-order valence-corrected chi connectivity index (χ0v) is 21.3. The second kappa shape index (κ2) is 10.8. The van der Waals surface area contributed by atoms with E-state index in [-0.39, 0.29) is 33.5 Å². The van der Waals surface area contributed by atoms with E-state index in [9.17, 15) is 23.1 Å². The summed E-state index contributed by atoms with van der Waals surface area (Å²) in [6.07, 6.45) is 0. The van der Waals surface area contributed by atoms with Crippen LogP contribution in [0.5, 0.6) is 17.4 Å². The number of carboxylic acid groups (broad SMARTS) is 1. The van der Waals surface area contributed by atoms with Crippen molar-refractivity contribution in [3.8, 4) is 17.4 Å². The number of benzene rings is 2. The summed E-state index contributed by atoms with van der Waals surface area (Å²) in [6.45, 7) is 6.92. The monoisotopic (exact) mass is 516 g/mol. The Morgan fingerprint density at radius 2 is 1.81 bits per heavy atom. The first-order valence-corrected chi connectivity index (χ1v) is 12.6. The summed E-state index contributed by atoms with van der Waals surface area (Å²) in [5.74, 6) is -1.03. The van der Waals surface area contributed by atoms with E-state index in [4.69, 9.17) is 9.47 Å². The molecule has 0 atom stereocenters. The van der Waals surface area contributed by atoms with Crippen LogP contribution in [-0.2, 0) is 16.6 Å². The lowest BCUT2D eigenvalue weighted by Gasteiger charge is -2.16. The van der Waals surface area contributed by atoms with Gasteiger partial charge in [0.1, 0.15) is 16.4 Å². The van der Waals surface area contributed by atoms with Gasteiger partial charge >= 0.3 is 5.97 Å². The summed E-state index contributed by atoms with van der Waals surface area (Å²) in [4.78, 5) is 24.0. The molecule has 1 aromatic heterocycles. The predicted molar refractivity (Wildman–Crippen MR) is 133 cm³/mol. The molecule has 1 amide bonds. The van der Waals surface area contributed by atoms with Crippen LogP contribution < -0.4 is 19.5 Å². The van der Waals surface area contributed by atoms with Crippen molar-refractivity contribution in [3.05, 3.63) is 59.3 Å². The summed E-state index contributed by atoms with van der Waals surface area (Å²) in [5.41, 5.74) is 0.630. The Balaban J connectivity index is 2.02. The predicted octanol–water partition coefficient (Wildman–Crippen LogP) is 3.65. The van der Waals surface area contributed by atoms with Gasteiger partial charge < -0.3 is 19.9 Å². The van der Waals surface area contributed by atoms with Crippen molar-refractivity contribution >= 4 is 27.6 Å². The van der Waals surface area contributed by atoms with Crippen LogP contribution in [0.25, 0.3) is 0 Å². The zero-order chi connectivity index (χ0) is 26.6. The maximum Gasteiger partial charge on any atom is 0.356 e. The molecular formula is C24H28N4O7S. The van der Waals surface area contributed by atoms with Crippen molar-refractivity contribution in [2.45, 2.75) is 45.2 Å². The van der Waals surface area contributed by atoms with Crippen LogP contribution >= 0.6 is 0 Å². The standard InChI is InChI=1S/C24H28N4O7S/c1-6-28-23(15(4)21(26-28)24(30)31)35-19-12-9-17(13-20(19)36(32,33)27-14(2)3)25-22(29)16-7-10-18(34-5)11-8-16/h7-14,27H,6H2,1-5H3,(H,25,29)(H,30,31). The maximum atomic E-state index is 13.2. The quantitative estimate of drug-likeness (QED) is 0.370. The number of sulfonamides is 1. The lowest BCUT2D eigenvalue weighted by atomic mass is 10.2. The minimum atomic E-state index is -4.07. The highest BCUT2D eigenvalue weighted by atomic mass is 32.2. The molecule has 0 unspecified atom stereocenters. The molecule has 0 fully saturated rings. The highest BCUT2D eigenvalue weighted by Gasteiger charge is 2.26. The number of methoxy groups -OCH3 is 1. The van der Waals surface area contributed by atoms with Crippen LogP contribution in [0, 0.1) is 6.92 Å². The molecule has 0 aliphatic carbocycles. The van der Waals surface area contributed by atoms with Gasteiger partial charge in [0, 0.05) is 29.4 Å². The number of nitrogens with zero attached hydrogens (tertiary/aromatic N) is 2. The average Bonchev–Trinajstić information content (AvgIpc) is 3.14. The Hall–Kier alpha value is -3.90. The van der Waals surface area contributed by atoms with Gasteiger partial charge in [0.05, 0.1) is 7.11 Å². The van der Waals surface area contributed by atoms with Crippen molar-refractivity contribution in [1.29, 1.82) is 0 Å². The fraction of sp³-hybridized carbons (Fsp3) is 0.292. The van der Waals surface area contributed by atoms with Gasteiger partial charge in [-0.3, -0.25) is 4.79 Å². The van der Waals surface area contributed by atoms with E-state index in [0.29, 0.717) is 17.9 Å². The fourth-order valence-electron chi connectivity index (χ4n) is 3.39. The van der Waals surface area contributed by atoms with Crippen molar-refractivity contribution < 1.29 is 32.6 Å². The molecule has 0 spiro atoms. The Labute approximate surface area is 209 Å². The molecule has 0 saturated heterocycles. The second-order valence-corrected chi connectivity index (χ2v) is 9.80. The van der Waals surface area contributed by atoms with Crippen LogP contribution in [0.1, 0.15) is 47.2 Å². The highest BCUT2D eigenvalue weighted by Crippen LogP contribution is 2.34. The number of amides is 1. The number of anilines is 1. The van der Waals surface area contributed by atoms with Gasteiger partial charge in [0.2, 0.25) is 15.9 Å². The number of hydrogen-bond donors (Lipinski definition) is 3. The molecule has 3 aromatic rings. The van der Waals surface area contributed by atoms with Crippen LogP contribution in [0.4, 0.5) is 5.69 Å². The van der Waals surface area contributed by atoms with Crippen molar-refractivity contribution in [3.63, 3.8) is 0 Å². The van der Waals surface area contributed by atoms with Gasteiger partial charge in [-0.1, -0.05) is 0 Å².